The first-order valence-electron chi connectivity index (χ1n) is 21.8. The molecule has 0 amide bonds. The third-order valence-electron chi connectivity index (χ3n) is 11.4. The molecule has 2 rings (SSSR count). The molecule has 5 nitrogen and oxygen atoms in total. The number of Topliss-reactive ketones (excluding diaryl/α,β-unsaturated/α-hetero) is 1. The van der Waals surface area contributed by atoms with Crippen molar-refractivity contribution in [1.82, 2.24) is 0 Å². The minimum atomic E-state index is -0.391. The molecule has 0 fully saturated rings. The first kappa shape index (κ1) is 49.6. The van der Waals surface area contributed by atoms with Gasteiger partial charge in [-0.25, -0.2) is 0 Å². The Labute approximate surface area is 347 Å². The number of carbonyl (C=O) groups excluding carboxylic acids is 2. The molecule has 0 saturated carbocycles. The molecule has 316 valence electrons. The second kappa shape index (κ2) is 25.7. The Balaban J connectivity index is 2.03. The van der Waals surface area contributed by atoms with Crippen LogP contribution in [0, 0.1) is 10.8 Å². The quantitative estimate of drug-likeness (QED) is 0.0354. The molecule has 0 spiro atoms. The fourth-order valence-electron chi connectivity index (χ4n) is 8.18. The summed E-state index contributed by atoms with van der Waals surface area (Å²) in [6.45, 7) is 21.1. The lowest BCUT2D eigenvalue weighted by molar-refractivity contribution is -0.143. The molecule has 2 atom stereocenters. The van der Waals surface area contributed by atoms with Crippen LogP contribution in [0.1, 0.15) is 166 Å². The topological polar surface area (TPSA) is 83.8 Å². The molecule has 0 aliphatic heterocycles. The summed E-state index contributed by atoms with van der Waals surface area (Å²) >= 11 is 0. The molecule has 0 aromatic carbocycles. The lowest BCUT2D eigenvalue weighted by Gasteiger charge is -2.37. The molecule has 0 bridgehead atoms. The van der Waals surface area contributed by atoms with E-state index in [2.05, 4.69) is 91.8 Å². The van der Waals surface area contributed by atoms with Crippen molar-refractivity contribution in [2.45, 2.75) is 178 Å². The summed E-state index contributed by atoms with van der Waals surface area (Å²) in [5.74, 6) is -0.305. The monoisotopic (exact) mass is 783 g/mol. The molecule has 57 heavy (non-hydrogen) atoms. The van der Waals surface area contributed by atoms with Crippen molar-refractivity contribution in [3.05, 3.63) is 117 Å². The Morgan fingerprint density at radius 2 is 1.16 bits per heavy atom. The Kier molecular flexibility index (Phi) is 22.4. The van der Waals surface area contributed by atoms with Gasteiger partial charge in [0.1, 0.15) is 6.61 Å². The standard InChI is InChI=1S/C52H78O5/c1-11-12-13-14-15-16-17-18-19-30-50(56)57-38-44(49(55)35-48-43(6)34-46(54)37-52(48,9)10)29-23-28-40(3)25-21-20-24-39(2)26-22-27-41(4)31-32-47-42(5)33-45(53)36-51(47,7)8/h20-29,31-32,45-46,53-54H,11-19,30,33-38H2,1-10H3/b21-20+,26-22+,28-23+,32-31+,39-24+,40-25+,41-27+,44-29+. The molecular weight excluding hydrogens is 705 g/mol. The Morgan fingerprint density at radius 1 is 0.667 bits per heavy atom. The largest absolute Gasteiger partial charge is 0.461 e. The summed E-state index contributed by atoms with van der Waals surface area (Å²) in [6, 6.07) is 0. The molecule has 5 heteroatoms. The van der Waals surface area contributed by atoms with Crippen molar-refractivity contribution in [2.24, 2.45) is 10.8 Å². The minimum Gasteiger partial charge on any atom is -0.461 e. The van der Waals surface area contributed by atoms with E-state index in [9.17, 15) is 19.8 Å². The number of hydrogen-bond donors (Lipinski definition) is 2. The van der Waals surface area contributed by atoms with E-state index >= 15 is 0 Å². The Bertz CT molecular complexity index is 1630. The zero-order valence-electron chi connectivity index (χ0n) is 37.5. The average Bonchev–Trinajstić information content (AvgIpc) is 3.11. The van der Waals surface area contributed by atoms with E-state index < -0.39 is 6.10 Å². The highest BCUT2D eigenvalue weighted by Gasteiger charge is 2.34. The van der Waals surface area contributed by atoms with E-state index in [-0.39, 0.29) is 41.7 Å². The number of aliphatic hydroxyl groups excluding tert-OH is 2. The van der Waals surface area contributed by atoms with Gasteiger partial charge < -0.3 is 14.9 Å². The number of aliphatic hydroxyl groups is 2. The van der Waals surface area contributed by atoms with Gasteiger partial charge in [-0.3, -0.25) is 9.59 Å². The maximum Gasteiger partial charge on any atom is 0.306 e. The molecule has 2 aliphatic rings. The van der Waals surface area contributed by atoms with E-state index in [4.69, 9.17) is 4.74 Å². The van der Waals surface area contributed by atoms with Crippen molar-refractivity contribution in [2.75, 3.05) is 6.61 Å². The second-order valence-electron chi connectivity index (χ2n) is 18.0. The van der Waals surface area contributed by atoms with E-state index in [1.165, 1.54) is 49.7 Å². The number of ether oxygens (including phenoxy) is 1. The van der Waals surface area contributed by atoms with E-state index in [1.807, 2.05) is 44.2 Å². The van der Waals surface area contributed by atoms with Crippen LogP contribution in [0.4, 0.5) is 0 Å². The normalized spacial score (nSPS) is 21.3. The van der Waals surface area contributed by atoms with Gasteiger partial charge in [0.2, 0.25) is 0 Å². The molecule has 0 aromatic heterocycles. The van der Waals surface area contributed by atoms with Gasteiger partial charge in [-0.1, -0.05) is 192 Å². The van der Waals surface area contributed by atoms with E-state index in [0.717, 1.165) is 60.0 Å². The SMILES string of the molecule is CCCCCCCCCCCC(=O)OC\C(=C/C=C/C(C)=C/C=C/C=C(C)/C=C/C=C(C)/C=C/C1=C(C)CC(O)CC1(C)C)C(=O)CC1=C(C)CC(O)CC1(C)C. The van der Waals surface area contributed by atoms with Crippen LogP contribution in [0.5, 0.6) is 0 Å². The van der Waals surface area contributed by atoms with Crippen LogP contribution >= 0.6 is 0 Å². The summed E-state index contributed by atoms with van der Waals surface area (Å²) in [4.78, 5) is 26.4. The highest BCUT2D eigenvalue weighted by molar-refractivity contribution is 5.98. The molecule has 0 aromatic rings. The molecule has 2 unspecified atom stereocenters. The second-order valence-corrected chi connectivity index (χ2v) is 18.0. The molecule has 2 N–H and O–H groups in total. The molecule has 2 aliphatic carbocycles. The van der Waals surface area contributed by atoms with Crippen molar-refractivity contribution < 1.29 is 24.5 Å². The summed E-state index contributed by atoms with van der Waals surface area (Å²) in [5, 5.41) is 20.5. The number of rotatable bonds is 23. The smallest absolute Gasteiger partial charge is 0.306 e. The van der Waals surface area contributed by atoms with Gasteiger partial charge in [0.25, 0.3) is 0 Å². The lowest BCUT2D eigenvalue weighted by Crippen LogP contribution is -2.30. The lowest BCUT2D eigenvalue weighted by atomic mass is 9.70. The maximum atomic E-state index is 13.7. The van der Waals surface area contributed by atoms with Crippen molar-refractivity contribution in [1.29, 1.82) is 0 Å². The Morgan fingerprint density at radius 3 is 1.72 bits per heavy atom. The number of ketones is 1. The van der Waals surface area contributed by atoms with Crippen LogP contribution < -0.4 is 0 Å². The third kappa shape index (κ3) is 19.6. The highest BCUT2D eigenvalue weighted by Crippen LogP contribution is 2.43. The van der Waals surface area contributed by atoms with Crippen LogP contribution in [-0.2, 0) is 14.3 Å². The van der Waals surface area contributed by atoms with Gasteiger partial charge in [0, 0.05) is 18.4 Å². The molecular formula is C52H78O5. The van der Waals surface area contributed by atoms with Crippen LogP contribution in [0.25, 0.3) is 0 Å². The fourth-order valence-corrected chi connectivity index (χ4v) is 8.18. The first-order valence-corrected chi connectivity index (χ1v) is 21.8. The molecule has 0 heterocycles. The van der Waals surface area contributed by atoms with Crippen LogP contribution in [-0.4, -0.2) is 40.8 Å². The van der Waals surface area contributed by atoms with Crippen molar-refractivity contribution >= 4 is 11.8 Å². The zero-order valence-corrected chi connectivity index (χ0v) is 37.5. The summed E-state index contributed by atoms with van der Waals surface area (Å²) in [5.41, 5.74) is 8.22. The zero-order chi connectivity index (χ0) is 42.4. The summed E-state index contributed by atoms with van der Waals surface area (Å²) in [6.07, 6.45) is 37.7. The maximum absolute atomic E-state index is 13.7. The van der Waals surface area contributed by atoms with Crippen molar-refractivity contribution in [3.8, 4) is 0 Å². The van der Waals surface area contributed by atoms with Gasteiger partial charge in [-0.05, 0) is 83.1 Å². The van der Waals surface area contributed by atoms with Crippen LogP contribution in [0.15, 0.2) is 117 Å². The van der Waals surface area contributed by atoms with E-state index in [1.54, 1.807) is 6.08 Å². The summed E-state index contributed by atoms with van der Waals surface area (Å²) < 4.78 is 5.66. The van der Waals surface area contributed by atoms with Gasteiger partial charge >= 0.3 is 5.97 Å². The highest BCUT2D eigenvalue weighted by atomic mass is 16.5. The van der Waals surface area contributed by atoms with Gasteiger partial charge in [0.15, 0.2) is 5.78 Å². The summed E-state index contributed by atoms with van der Waals surface area (Å²) in [7, 11) is 0. The fraction of sp³-hybridized carbons (Fsp3) is 0.577. The molecule has 0 radical (unpaired) electrons. The number of carbonyl (C=O) groups is 2. The van der Waals surface area contributed by atoms with Crippen LogP contribution in [0.3, 0.4) is 0 Å². The minimum absolute atomic E-state index is 0.0282. The van der Waals surface area contributed by atoms with Crippen LogP contribution in [0.2, 0.25) is 0 Å². The first-order chi connectivity index (χ1) is 26.9. The number of allylic oxidation sites excluding steroid dienone is 17. The van der Waals surface area contributed by atoms with Crippen molar-refractivity contribution in [3.63, 3.8) is 0 Å². The average molecular weight is 783 g/mol. The predicted octanol–water partition coefficient (Wildman–Crippen LogP) is 13.4. The molecule has 0 saturated heterocycles. The van der Waals surface area contributed by atoms with Gasteiger partial charge in [-0.15, -0.1) is 0 Å². The number of unbranched alkanes of at least 4 members (excludes halogenated alkanes) is 8. The number of hydrogen-bond acceptors (Lipinski definition) is 5. The number of esters is 1. The predicted molar refractivity (Wildman–Crippen MR) is 242 cm³/mol. The van der Waals surface area contributed by atoms with Gasteiger partial charge in [0.05, 0.1) is 12.2 Å². The third-order valence-corrected chi connectivity index (χ3v) is 11.4. The Hall–Kier alpha value is -3.54. The van der Waals surface area contributed by atoms with E-state index in [0.29, 0.717) is 24.8 Å². The van der Waals surface area contributed by atoms with Gasteiger partial charge in [-0.2, -0.15) is 0 Å².